The first-order valence-electron chi connectivity index (χ1n) is 10.8. The molecular weight excluding hydrogens is 356 g/mol. The van der Waals surface area contributed by atoms with Gasteiger partial charge in [-0.15, -0.1) is 0 Å². The molecule has 0 aliphatic heterocycles. The Balaban J connectivity index is 2.39. The van der Waals surface area contributed by atoms with Crippen LogP contribution in [0.3, 0.4) is 0 Å². The molecule has 0 aromatic heterocycles. The molecule has 0 aliphatic carbocycles. The minimum atomic E-state index is 0.239. The average molecular weight is 397 g/mol. The standard InChI is InChI=1S/C27H40O2/c1-20(2)10-7-11-21(3)12-8-13-22(4)14-9-15-23(5)16-17-25-19-26(28)24(6)18-27(25)29/h10,12,14,16,18-19,28-29H,7-9,11,13,15,17H2,1-6H3/b21-12+,22-14+,23-16+. The lowest BCUT2D eigenvalue weighted by molar-refractivity contribution is 0.452. The van der Waals surface area contributed by atoms with Gasteiger partial charge in [-0.25, -0.2) is 0 Å². The zero-order chi connectivity index (χ0) is 21.8. The van der Waals surface area contributed by atoms with E-state index in [-0.39, 0.29) is 11.5 Å². The Morgan fingerprint density at radius 1 is 0.690 bits per heavy atom. The van der Waals surface area contributed by atoms with Gasteiger partial charge in [-0.2, -0.15) is 0 Å². The lowest BCUT2D eigenvalue weighted by atomic mass is 10.0. The number of rotatable bonds is 11. The fourth-order valence-corrected chi connectivity index (χ4v) is 3.16. The second kappa shape index (κ2) is 13.1. The van der Waals surface area contributed by atoms with E-state index in [9.17, 15) is 10.2 Å². The summed E-state index contributed by atoms with van der Waals surface area (Å²) in [5.41, 5.74) is 7.11. The van der Waals surface area contributed by atoms with Gasteiger partial charge in [-0.05, 0) is 104 Å². The summed E-state index contributed by atoms with van der Waals surface area (Å²) in [6.45, 7) is 12.7. The van der Waals surface area contributed by atoms with Crippen molar-refractivity contribution in [2.45, 2.75) is 86.5 Å². The summed E-state index contributed by atoms with van der Waals surface area (Å²) in [6.07, 6.45) is 16.4. The third kappa shape index (κ3) is 10.8. The van der Waals surface area contributed by atoms with Gasteiger partial charge in [0, 0.05) is 5.56 Å². The first-order chi connectivity index (χ1) is 13.7. The molecule has 0 aliphatic rings. The molecule has 0 saturated heterocycles. The van der Waals surface area contributed by atoms with E-state index >= 15 is 0 Å². The van der Waals surface area contributed by atoms with Crippen LogP contribution in [0.4, 0.5) is 0 Å². The van der Waals surface area contributed by atoms with Gasteiger partial charge in [0.25, 0.3) is 0 Å². The maximum atomic E-state index is 10.0. The van der Waals surface area contributed by atoms with Gasteiger partial charge in [0.05, 0.1) is 0 Å². The Hall–Kier alpha value is -2.22. The van der Waals surface area contributed by atoms with Gasteiger partial charge in [-0.1, -0.05) is 46.6 Å². The van der Waals surface area contributed by atoms with E-state index in [2.05, 4.69) is 58.9 Å². The molecule has 0 radical (unpaired) electrons. The monoisotopic (exact) mass is 396 g/mol. The summed E-state index contributed by atoms with van der Waals surface area (Å²) in [5.74, 6) is 0.493. The summed E-state index contributed by atoms with van der Waals surface area (Å²) >= 11 is 0. The molecule has 0 atom stereocenters. The van der Waals surface area contributed by atoms with Gasteiger partial charge >= 0.3 is 0 Å². The Kier molecular flexibility index (Phi) is 11.2. The molecule has 2 nitrogen and oxygen atoms in total. The number of hydrogen-bond acceptors (Lipinski definition) is 2. The number of aromatic hydroxyl groups is 2. The van der Waals surface area contributed by atoms with E-state index in [1.807, 2.05) is 0 Å². The molecule has 29 heavy (non-hydrogen) atoms. The number of phenolic OH excluding ortho intramolecular Hbond substituents is 2. The second-order valence-corrected chi connectivity index (χ2v) is 8.52. The topological polar surface area (TPSA) is 40.5 Å². The van der Waals surface area contributed by atoms with Crippen LogP contribution in [0.2, 0.25) is 0 Å². The fourth-order valence-electron chi connectivity index (χ4n) is 3.16. The van der Waals surface area contributed by atoms with Gasteiger partial charge in [-0.3, -0.25) is 0 Å². The van der Waals surface area contributed by atoms with E-state index in [1.54, 1.807) is 19.1 Å². The highest BCUT2D eigenvalue weighted by atomic mass is 16.3. The molecule has 1 aromatic rings. The summed E-state index contributed by atoms with van der Waals surface area (Å²) in [5, 5.41) is 19.8. The van der Waals surface area contributed by atoms with E-state index in [1.165, 1.54) is 22.3 Å². The summed E-state index contributed by atoms with van der Waals surface area (Å²) < 4.78 is 0. The van der Waals surface area contributed by atoms with Crippen molar-refractivity contribution in [3.05, 3.63) is 69.9 Å². The third-order valence-corrected chi connectivity index (χ3v) is 5.22. The Bertz CT molecular complexity index is 772. The number of phenols is 2. The molecule has 1 rings (SSSR count). The molecule has 1 aromatic carbocycles. The smallest absolute Gasteiger partial charge is 0.119 e. The van der Waals surface area contributed by atoms with Gasteiger partial charge in [0.2, 0.25) is 0 Å². The minimum Gasteiger partial charge on any atom is -0.508 e. The van der Waals surface area contributed by atoms with E-state index < -0.39 is 0 Å². The van der Waals surface area contributed by atoms with Crippen molar-refractivity contribution < 1.29 is 10.2 Å². The lowest BCUT2D eigenvalue weighted by Gasteiger charge is -2.06. The van der Waals surface area contributed by atoms with E-state index in [0.29, 0.717) is 12.0 Å². The van der Waals surface area contributed by atoms with Crippen LogP contribution in [0.5, 0.6) is 11.5 Å². The first kappa shape index (κ1) is 24.8. The van der Waals surface area contributed by atoms with Crippen molar-refractivity contribution in [3.63, 3.8) is 0 Å². The molecule has 2 N–H and O–H groups in total. The summed E-state index contributed by atoms with van der Waals surface area (Å²) in [7, 11) is 0. The predicted octanol–water partition coefficient (Wildman–Crippen LogP) is 8.09. The third-order valence-electron chi connectivity index (χ3n) is 5.22. The van der Waals surface area contributed by atoms with Crippen molar-refractivity contribution in [2.24, 2.45) is 0 Å². The maximum Gasteiger partial charge on any atom is 0.119 e. The van der Waals surface area contributed by atoms with E-state index in [0.717, 1.165) is 44.1 Å². The molecular formula is C27H40O2. The summed E-state index contributed by atoms with van der Waals surface area (Å²) in [4.78, 5) is 0. The number of allylic oxidation sites excluding steroid dienone is 8. The van der Waals surface area contributed by atoms with Crippen molar-refractivity contribution in [1.82, 2.24) is 0 Å². The number of hydrogen-bond donors (Lipinski definition) is 2. The zero-order valence-corrected chi connectivity index (χ0v) is 19.3. The first-order valence-corrected chi connectivity index (χ1v) is 10.8. The van der Waals surface area contributed by atoms with Crippen LogP contribution in [0.1, 0.15) is 84.3 Å². The van der Waals surface area contributed by atoms with Crippen LogP contribution >= 0.6 is 0 Å². The molecule has 0 spiro atoms. The van der Waals surface area contributed by atoms with Crippen molar-refractivity contribution in [2.75, 3.05) is 0 Å². The number of aryl methyl sites for hydroxylation is 1. The quantitative estimate of drug-likeness (QED) is 0.293. The van der Waals surface area contributed by atoms with E-state index in [4.69, 9.17) is 0 Å². The normalized spacial score (nSPS) is 13.0. The molecule has 2 heteroatoms. The maximum absolute atomic E-state index is 10.0. The van der Waals surface area contributed by atoms with Crippen molar-refractivity contribution in [3.8, 4) is 11.5 Å². The SMILES string of the molecule is CC(C)=CCC/C(C)=C/CC/C(C)=C/CC/C(C)=C/Cc1cc(O)c(C)cc1O. The minimum absolute atomic E-state index is 0.239. The molecule has 0 saturated carbocycles. The van der Waals surface area contributed by atoms with Crippen LogP contribution < -0.4 is 0 Å². The van der Waals surface area contributed by atoms with Crippen LogP contribution in [0, 0.1) is 6.92 Å². The predicted molar refractivity (Wildman–Crippen MR) is 127 cm³/mol. The molecule has 0 fully saturated rings. The highest BCUT2D eigenvalue weighted by molar-refractivity contribution is 5.45. The zero-order valence-electron chi connectivity index (χ0n) is 19.3. The largest absolute Gasteiger partial charge is 0.508 e. The van der Waals surface area contributed by atoms with Crippen molar-refractivity contribution >= 4 is 0 Å². The Morgan fingerprint density at radius 3 is 1.69 bits per heavy atom. The molecule has 0 amide bonds. The highest BCUT2D eigenvalue weighted by Gasteiger charge is 2.04. The molecule has 0 heterocycles. The van der Waals surface area contributed by atoms with Crippen molar-refractivity contribution in [1.29, 1.82) is 0 Å². The van der Waals surface area contributed by atoms with Gasteiger partial charge in [0.15, 0.2) is 0 Å². The molecule has 0 unspecified atom stereocenters. The van der Waals surface area contributed by atoms with Gasteiger partial charge < -0.3 is 10.2 Å². The average Bonchev–Trinajstić information content (AvgIpc) is 2.63. The molecule has 160 valence electrons. The Labute approximate surface area is 178 Å². The molecule has 0 bridgehead atoms. The highest BCUT2D eigenvalue weighted by Crippen LogP contribution is 2.27. The van der Waals surface area contributed by atoms with Crippen LogP contribution in [0.15, 0.2) is 58.7 Å². The van der Waals surface area contributed by atoms with Gasteiger partial charge in [0.1, 0.15) is 11.5 Å². The second-order valence-electron chi connectivity index (χ2n) is 8.52. The lowest BCUT2D eigenvalue weighted by Crippen LogP contribution is -1.87. The number of benzene rings is 1. The Morgan fingerprint density at radius 2 is 1.17 bits per heavy atom. The fraction of sp³-hybridized carbons (Fsp3) is 0.481. The summed E-state index contributed by atoms with van der Waals surface area (Å²) in [6, 6.07) is 3.28. The van der Waals surface area contributed by atoms with Crippen LogP contribution in [-0.4, -0.2) is 10.2 Å². The van der Waals surface area contributed by atoms with Crippen LogP contribution in [-0.2, 0) is 6.42 Å². The van der Waals surface area contributed by atoms with Crippen LogP contribution in [0.25, 0.3) is 0 Å².